The van der Waals surface area contributed by atoms with Gasteiger partial charge in [-0.15, -0.1) is 0 Å². The minimum Gasteiger partial charge on any atom is -0.394 e. The Labute approximate surface area is 287 Å². The van der Waals surface area contributed by atoms with E-state index in [1.54, 1.807) is 11.1 Å². The summed E-state index contributed by atoms with van der Waals surface area (Å²) in [7, 11) is 0. The Hall–Kier alpha value is -3.78. The van der Waals surface area contributed by atoms with E-state index in [4.69, 9.17) is 22.1 Å². The molecular formula is C36H39ClF2N4O6. The number of aliphatic hydroxyl groups is 3. The second-order valence-electron chi connectivity index (χ2n) is 13.0. The highest BCUT2D eigenvalue weighted by atomic mass is 35.5. The SMILES string of the molecule is C[C@@H]1CCC[C@H](N2CCC(c3c(F)ccc(Cl)c3F)=CC2=O)c2cc(ccn2)-c2ccc(CC3O[C@H](CO)[C@@H](O)[C@H](O)[C@@H]3N)cc2NC1=O. The zero-order valence-electron chi connectivity index (χ0n) is 26.9. The number of nitrogens with zero attached hydrogens (tertiary/aromatic N) is 2. The molecule has 0 saturated carbocycles. The molecule has 2 aromatic carbocycles. The molecule has 1 aromatic heterocycles. The number of amides is 2. The Morgan fingerprint density at radius 3 is 2.63 bits per heavy atom. The van der Waals surface area contributed by atoms with Gasteiger partial charge in [0.15, 0.2) is 5.82 Å². The average molecular weight is 697 g/mol. The van der Waals surface area contributed by atoms with Crippen LogP contribution in [0.25, 0.3) is 16.7 Å². The number of benzene rings is 2. The Morgan fingerprint density at radius 2 is 1.88 bits per heavy atom. The predicted octanol–water partition coefficient (Wildman–Crippen LogP) is 4.15. The van der Waals surface area contributed by atoms with E-state index in [2.05, 4.69) is 10.3 Å². The minimum absolute atomic E-state index is 0.179. The van der Waals surface area contributed by atoms with Gasteiger partial charge in [-0.05, 0) is 66.3 Å². The first kappa shape index (κ1) is 35.1. The van der Waals surface area contributed by atoms with Gasteiger partial charge in [0.25, 0.3) is 0 Å². The molecule has 13 heteroatoms. The van der Waals surface area contributed by atoms with Crippen molar-refractivity contribution in [2.75, 3.05) is 18.5 Å². The van der Waals surface area contributed by atoms with Gasteiger partial charge in [0.1, 0.15) is 24.1 Å². The highest BCUT2D eigenvalue weighted by Gasteiger charge is 2.42. The number of pyridine rings is 1. The van der Waals surface area contributed by atoms with Crippen molar-refractivity contribution in [2.45, 2.75) is 75.5 Å². The summed E-state index contributed by atoms with van der Waals surface area (Å²) in [6.45, 7) is 1.56. The van der Waals surface area contributed by atoms with Gasteiger partial charge in [0, 0.05) is 42.4 Å². The monoisotopic (exact) mass is 696 g/mol. The molecular weight excluding hydrogens is 658 g/mol. The van der Waals surface area contributed by atoms with E-state index >= 15 is 0 Å². The van der Waals surface area contributed by atoms with E-state index in [-0.39, 0.29) is 47.4 Å². The maximum Gasteiger partial charge on any atom is 0.247 e. The van der Waals surface area contributed by atoms with Crippen molar-refractivity contribution in [3.8, 4) is 11.1 Å². The van der Waals surface area contributed by atoms with Crippen molar-refractivity contribution in [3.05, 3.63) is 88.2 Å². The normalized spacial score (nSPS) is 27.8. The van der Waals surface area contributed by atoms with E-state index < -0.39 is 60.6 Å². The summed E-state index contributed by atoms with van der Waals surface area (Å²) in [6, 6.07) is 10.1. The number of nitrogens with one attached hydrogen (secondary N) is 1. The third kappa shape index (κ3) is 7.12. The number of anilines is 1. The van der Waals surface area contributed by atoms with Gasteiger partial charge >= 0.3 is 0 Å². The van der Waals surface area contributed by atoms with Crippen LogP contribution in [-0.2, 0) is 20.7 Å². The number of carbonyl (C=O) groups is 2. The van der Waals surface area contributed by atoms with Crippen LogP contribution in [0.4, 0.5) is 14.5 Å². The first-order valence-corrected chi connectivity index (χ1v) is 16.8. The van der Waals surface area contributed by atoms with Gasteiger partial charge in [0.2, 0.25) is 11.8 Å². The molecule has 1 unspecified atom stereocenters. The van der Waals surface area contributed by atoms with Gasteiger partial charge < -0.3 is 36.0 Å². The average Bonchev–Trinajstić information content (AvgIpc) is 3.09. The van der Waals surface area contributed by atoms with Crippen LogP contribution in [0.15, 0.2) is 54.7 Å². The van der Waals surface area contributed by atoms with Gasteiger partial charge in [-0.2, -0.15) is 0 Å². The summed E-state index contributed by atoms with van der Waals surface area (Å²) in [5, 5.41) is 33.1. The molecule has 260 valence electrons. The van der Waals surface area contributed by atoms with E-state index in [1.165, 1.54) is 6.08 Å². The molecule has 3 aliphatic rings. The molecule has 49 heavy (non-hydrogen) atoms. The number of ether oxygens (including phenoxy) is 1. The van der Waals surface area contributed by atoms with Crippen LogP contribution < -0.4 is 11.1 Å². The molecule has 0 spiro atoms. The Balaban J connectivity index is 1.32. The molecule has 3 aromatic rings. The first-order valence-electron chi connectivity index (χ1n) is 16.4. The fourth-order valence-electron chi connectivity index (χ4n) is 6.95. The second kappa shape index (κ2) is 14.6. The highest BCUT2D eigenvalue weighted by molar-refractivity contribution is 6.31. The van der Waals surface area contributed by atoms with E-state index in [9.17, 15) is 33.7 Å². The Kier molecular flexibility index (Phi) is 10.4. The third-order valence-electron chi connectivity index (χ3n) is 9.80. The smallest absolute Gasteiger partial charge is 0.247 e. The molecule has 10 nitrogen and oxygen atoms in total. The number of hydrogen-bond acceptors (Lipinski definition) is 8. The summed E-state index contributed by atoms with van der Waals surface area (Å²) in [4.78, 5) is 33.3. The number of fused-ring (bicyclic) bond motifs is 4. The quantitative estimate of drug-likeness (QED) is 0.249. The summed E-state index contributed by atoms with van der Waals surface area (Å²) in [6.07, 6.45) is 0.747. The van der Waals surface area contributed by atoms with Crippen LogP contribution in [0, 0.1) is 17.6 Å². The minimum atomic E-state index is -1.31. The molecule has 6 rings (SSSR count). The summed E-state index contributed by atoms with van der Waals surface area (Å²) >= 11 is 5.92. The standard InChI is InChI=1S/C36H39ClF2N4O6/c1-18-3-2-4-27(43-12-10-21(16-30(43)45)31-24(38)8-7-23(37)32(31)39)26-15-20(9-11-41-26)22-6-5-19(13-25(22)42-36(18)48)14-28-33(40)35(47)34(46)29(17-44)49-28/h5-9,11,13,15-16,18,27-29,33-35,44,46-47H,2-4,10,12,14,17,40H2,1H3,(H,42,48)/t18-,27+,28?,29-,33-,34-,35-/m1/s1. The second-order valence-corrected chi connectivity index (χ2v) is 13.4. The molecule has 0 aliphatic carbocycles. The molecule has 1 fully saturated rings. The molecule has 4 heterocycles. The number of aliphatic hydroxyl groups excluding tert-OH is 3. The van der Waals surface area contributed by atoms with E-state index in [0.29, 0.717) is 36.2 Å². The molecule has 2 amide bonds. The maximum atomic E-state index is 14.8. The predicted molar refractivity (Wildman–Crippen MR) is 179 cm³/mol. The number of rotatable bonds is 5. The lowest BCUT2D eigenvalue weighted by Gasteiger charge is -2.41. The molecule has 0 radical (unpaired) electrons. The van der Waals surface area contributed by atoms with Crippen LogP contribution in [0.2, 0.25) is 5.02 Å². The number of halogens is 3. The largest absolute Gasteiger partial charge is 0.394 e. The number of carbonyl (C=O) groups excluding carboxylic acids is 2. The van der Waals surface area contributed by atoms with Crippen molar-refractivity contribution in [1.29, 1.82) is 0 Å². The van der Waals surface area contributed by atoms with Crippen LogP contribution in [0.3, 0.4) is 0 Å². The number of nitrogens with two attached hydrogens (primary N) is 1. The van der Waals surface area contributed by atoms with Gasteiger partial charge in [-0.1, -0.05) is 37.1 Å². The molecule has 6 N–H and O–H groups in total. The lowest BCUT2D eigenvalue weighted by molar-refractivity contribution is -0.188. The van der Waals surface area contributed by atoms with Gasteiger partial charge in [-0.3, -0.25) is 14.6 Å². The van der Waals surface area contributed by atoms with Crippen molar-refractivity contribution in [2.24, 2.45) is 11.7 Å². The summed E-state index contributed by atoms with van der Waals surface area (Å²) in [5.41, 5.74) is 9.52. The number of hydrogen-bond donors (Lipinski definition) is 5. The zero-order chi connectivity index (χ0) is 35.0. The van der Waals surface area contributed by atoms with Crippen LogP contribution >= 0.6 is 11.6 Å². The van der Waals surface area contributed by atoms with E-state index in [0.717, 1.165) is 23.3 Å². The van der Waals surface area contributed by atoms with Crippen LogP contribution in [-0.4, -0.2) is 80.6 Å². The Morgan fingerprint density at radius 1 is 1.08 bits per heavy atom. The summed E-state index contributed by atoms with van der Waals surface area (Å²) in [5.74, 6) is -2.63. The lowest BCUT2D eigenvalue weighted by atomic mass is 9.89. The van der Waals surface area contributed by atoms with Gasteiger partial charge in [0.05, 0.1) is 41.1 Å². The topological polar surface area (TPSA) is 158 Å². The third-order valence-corrected chi connectivity index (χ3v) is 10.1. The lowest BCUT2D eigenvalue weighted by Crippen LogP contribution is -2.62. The molecule has 3 aliphatic heterocycles. The molecule has 7 atom stereocenters. The maximum absolute atomic E-state index is 14.8. The van der Waals surface area contributed by atoms with Crippen LogP contribution in [0.1, 0.15) is 55.5 Å². The molecule has 2 bridgehead atoms. The number of aromatic nitrogens is 1. The van der Waals surface area contributed by atoms with E-state index in [1.807, 2.05) is 37.3 Å². The van der Waals surface area contributed by atoms with Crippen molar-refractivity contribution in [3.63, 3.8) is 0 Å². The zero-order valence-corrected chi connectivity index (χ0v) is 27.6. The molecule has 1 saturated heterocycles. The van der Waals surface area contributed by atoms with Crippen molar-refractivity contribution in [1.82, 2.24) is 9.88 Å². The van der Waals surface area contributed by atoms with Crippen LogP contribution in [0.5, 0.6) is 0 Å². The van der Waals surface area contributed by atoms with Crippen molar-refractivity contribution >= 4 is 34.7 Å². The fourth-order valence-corrected chi connectivity index (χ4v) is 7.11. The fraction of sp³-hybridized carbons (Fsp3) is 0.417. The summed E-state index contributed by atoms with van der Waals surface area (Å²) < 4.78 is 35.3. The Bertz CT molecular complexity index is 1770. The first-order chi connectivity index (χ1) is 23.5. The van der Waals surface area contributed by atoms with Gasteiger partial charge in [-0.25, -0.2) is 8.78 Å². The van der Waals surface area contributed by atoms with Crippen molar-refractivity contribution < 1.29 is 38.4 Å². The highest BCUT2D eigenvalue weighted by Crippen LogP contribution is 2.38.